The van der Waals surface area contributed by atoms with Crippen LogP contribution in [-0.2, 0) is 32.6 Å². The first-order valence-corrected chi connectivity index (χ1v) is 16.3. The van der Waals surface area contributed by atoms with Gasteiger partial charge in [0.05, 0.1) is 9.80 Å². The number of rotatable bonds is 8. The number of thioether (sulfide) groups is 1. The Bertz CT molecular complexity index is 1540. The lowest BCUT2D eigenvalue weighted by Crippen LogP contribution is -2.53. The van der Waals surface area contributed by atoms with Crippen LogP contribution in [0.15, 0.2) is 88.7 Å². The second kappa shape index (κ2) is 12.6. The molecule has 214 valence electrons. The van der Waals surface area contributed by atoms with Crippen molar-refractivity contribution in [3.63, 3.8) is 0 Å². The number of nitrogens with two attached hydrogens (primary N) is 1. The molecule has 0 bridgehead atoms. The van der Waals surface area contributed by atoms with E-state index in [0.29, 0.717) is 25.9 Å². The van der Waals surface area contributed by atoms with Crippen molar-refractivity contribution in [3.8, 4) is 0 Å². The second-order valence-corrected chi connectivity index (χ2v) is 13.6. The number of amides is 2. The van der Waals surface area contributed by atoms with Crippen LogP contribution in [0.25, 0.3) is 6.08 Å². The van der Waals surface area contributed by atoms with E-state index in [0.717, 1.165) is 40.0 Å². The minimum atomic E-state index is -3.73. The molecule has 1 aliphatic carbocycles. The number of benzene rings is 3. The van der Waals surface area contributed by atoms with Gasteiger partial charge in [0.2, 0.25) is 15.9 Å². The fourth-order valence-corrected chi connectivity index (χ4v) is 7.57. The van der Waals surface area contributed by atoms with Crippen molar-refractivity contribution >= 4 is 39.7 Å². The van der Waals surface area contributed by atoms with Gasteiger partial charge in [-0.05, 0) is 67.5 Å². The van der Waals surface area contributed by atoms with E-state index >= 15 is 0 Å². The fourth-order valence-electron chi connectivity index (χ4n) is 5.64. The van der Waals surface area contributed by atoms with Gasteiger partial charge in [-0.25, -0.2) is 13.6 Å². The lowest BCUT2D eigenvalue weighted by molar-refractivity contribution is -0.133. The largest absolute Gasteiger partial charge is 0.356 e. The van der Waals surface area contributed by atoms with Crippen LogP contribution in [-0.4, -0.2) is 43.0 Å². The molecule has 2 aliphatic rings. The number of carbonyl (C=O) groups excluding carboxylic acids is 2. The van der Waals surface area contributed by atoms with Crippen molar-refractivity contribution in [1.82, 2.24) is 10.2 Å². The first-order valence-electron chi connectivity index (χ1n) is 13.9. The van der Waals surface area contributed by atoms with Crippen LogP contribution in [0.5, 0.6) is 0 Å². The highest BCUT2D eigenvalue weighted by atomic mass is 32.2. The summed E-state index contributed by atoms with van der Waals surface area (Å²) in [4.78, 5) is 29.9. The standard InChI is InChI=1S/C32H35N3O4S2/c1-22-6-5-9-25(18-22)21-35-28-20-26(31(36)34-17-16-23-10-13-27(14-11-23)41(33,38)39)12-15-29(28)40-30(32(35)37)19-24-7-3-2-4-8-24/h2-11,13-14,18-19,26,28-29H,12,15-17,20-21H2,1H3,(H,34,36)(H2,33,38,39)/b30-19-. The molecule has 0 aromatic heterocycles. The average molecular weight is 590 g/mol. The van der Waals surface area contributed by atoms with Crippen LogP contribution >= 0.6 is 11.8 Å². The first-order chi connectivity index (χ1) is 19.7. The summed E-state index contributed by atoms with van der Waals surface area (Å²) < 4.78 is 23.0. The predicted octanol–water partition coefficient (Wildman–Crippen LogP) is 4.66. The number of aryl methyl sites for hydroxylation is 1. The van der Waals surface area contributed by atoms with E-state index in [2.05, 4.69) is 30.4 Å². The summed E-state index contributed by atoms with van der Waals surface area (Å²) in [7, 11) is -3.73. The van der Waals surface area contributed by atoms with Gasteiger partial charge < -0.3 is 10.2 Å². The molecule has 1 aliphatic heterocycles. The third-order valence-corrected chi connectivity index (χ3v) is 10.1. The molecule has 9 heteroatoms. The Morgan fingerprint density at radius 1 is 1.02 bits per heavy atom. The number of nitrogens with one attached hydrogen (secondary N) is 1. The molecule has 2 fully saturated rings. The number of nitrogens with zero attached hydrogens (tertiary/aromatic N) is 1. The molecule has 1 saturated heterocycles. The summed E-state index contributed by atoms with van der Waals surface area (Å²) in [6.45, 7) is 3.01. The Balaban J connectivity index is 1.27. The van der Waals surface area contributed by atoms with Crippen molar-refractivity contribution in [2.45, 2.75) is 55.3 Å². The fraction of sp³-hybridized carbons (Fsp3) is 0.312. The Labute approximate surface area is 246 Å². The maximum atomic E-state index is 13.9. The van der Waals surface area contributed by atoms with Gasteiger partial charge >= 0.3 is 0 Å². The van der Waals surface area contributed by atoms with Gasteiger partial charge in [-0.3, -0.25) is 9.59 Å². The normalized spacial score (nSPS) is 21.9. The molecule has 3 atom stereocenters. The highest BCUT2D eigenvalue weighted by molar-refractivity contribution is 8.04. The Morgan fingerprint density at radius 2 is 1.78 bits per heavy atom. The number of hydrogen-bond donors (Lipinski definition) is 2. The van der Waals surface area contributed by atoms with Crippen LogP contribution in [0.1, 0.15) is 41.5 Å². The number of fused-ring (bicyclic) bond motifs is 1. The number of sulfonamides is 1. The molecule has 3 aromatic rings. The maximum Gasteiger partial charge on any atom is 0.260 e. The highest BCUT2D eigenvalue weighted by Gasteiger charge is 2.44. The van der Waals surface area contributed by atoms with E-state index in [4.69, 9.17) is 5.14 Å². The molecule has 41 heavy (non-hydrogen) atoms. The minimum absolute atomic E-state index is 0.00295. The van der Waals surface area contributed by atoms with Gasteiger partial charge in [-0.1, -0.05) is 72.3 Å². The molecule has 7 nitrogen and oxygen atoms in total. The van der Waals surface area contributed by atoms with E-state index in [1.165, 1.54) is 12.1 Å². The van der Waals surface area contributed by atoms with Crippen LogP contribution in [0.4, 0.5) is 0 Å². The third kappa shape index (κ3) is 7.28. The van der Waals surface area contributed by atoms with Gasteiger partial charge in [0.1, 0.15) is 0 Å². The summed E-state index contributed by atoms with van der Waals surface area (Å²) >= 11 is 1.65. The van der Waals surface area contributed by atoms with Crippen molar-refractivity contribution < 1.29 is 18.0 Å². The quantitative estimate of drug-likeness (QED) is 0.372. The first kappa shape index (κ1) is 29.1. The molecule has 2 amide bonds. The summed E-state index contributed by atoms with van der Waals surface area (Å²) in [6.07, 6.45) is 4.82. The van der Waals surface area contributed by atoms with Crippen molar-refractivity contribution in [1.29, 1.82) is 0 Å². The van der Waals surface area contributed by atoms with Crippen LogP contribution in [0.2, 0.25) is 0 Å². The molecule has 3 N–H and O–H groups in total. The van der Waals surface area contributed by atoms with Gasteiger partial charge in [0.15, 0.2) is 0 Å². The molecular formula is C32H35N3O4S2. The van der Waals surface area contributed by atoms with Crippen molar-refractivity contribution in [2.75, 3.05) is 6.54 Å². The molecule has 1 heterocycles. The van der Waals surface area contributed by atoms with E-state index in [1.807, 2.05) is 47.4 Å². The molecule has 5 rings (SSSR count). The monoisotopic (exact) mass is 589 g/mol. The van der Waals surface area contributed by atoms with Gasteiger partial charge in [-0.15, -0.1) is 11.8 Å². The number of carbonyl (C=O) groups is 2. The molecule has 0 radical (unpaired) electrons. The van der Waals surface area contributed by atoms with E-state index in [9.17, 15) is 18.0 Å². The Kier molecular flexibility index (Phi) is 8.97. The Hall–Kier alpha value is -3.40. The zero-order chi connectivity index (χ0) is 29.0. The summed E-state index contributed by atoms with van der Waals surface area (Å²) in [5, 5.41) is 8.46. The van der Waals surface area contributed by atoms with Gasteiger partial charge in [0.25, 0.3) is 5.91 Å². The number of hydrogen-bond acceptors (Lipinski definition) is 5. The molecule has 1 saturated carbocycles. The average Bonchev–Trinajstić information content (AvgIpc) is 2.95. The maximum absolute atomic E-state index is 13.9. The van der Waals surface area contributed by atoms with E-state index in [-0.39, 0.29) is 33.9 Å². The topological polar surface area (TPSA) is 110 Å². The van der Waals surface area contributed by atoms with Crippen LogP contribution < -0.4 is 10.5 Å². The Morgan fingerprint density at radius 3 is 2.49 bits per heavy atom. The van der Waals surface area contributed by atoms with Gasteiger partial charge in [-0.2, -0.15) is 0 Å². The lowest BCUT2D eigenvalue weighted by Gasteiger charge is -2.46. The summed E-state index contributed by atoms with van der Waals surface area (Å²) in [5.41, 5.74) is 4.16. The van der Waals surface area contributed by atoms with Crippen molar-refractivity contribution in [3.05, 3.63) is 106 Å². The highest BCUT2D eigenvalue weighted by Crippen LogP contribution is 2.44. The third-order valence-electron chi connectivity index (χ3n) is 7.77. The van der Waals surface area contributed by atoms with Crippen molar-refractivity contribution in [2.24, 2.45) is 11.1 Å². The van der Waals surface area contributed by atoms with E-state index < -0.39 is 10.0 Å². The SMILES string of the molecule is Cc1cccc(CN2C(=O)/C(=C/c3ccccc3)SC3CCC(C(=O)NCCc4ccc(S(N)(=O)=O)cc4)CC32)c1. The summed E-state index contributed by atoms with van der Waals surface area (Å²) in [5.74, 6) is -0.150. The second-order valence-electron chi connectivity index (χ2n) is 10.8. The minimum Gasteiger partial charge on any atom is -0.356 e. The number of primary sulfonamides is 1. The zero-order valence-corrected chi connectivity index (χ0v) is 24.7. The van der Waals surface area contributed by atoms with Crippen LogP contribution in [0.3, 0.4) is 0 Å². The van der Waals surface area contributed by atoms with Crippen LogP contribution in [0, 0.1) is 12.8 Å². The molecule has 3 aromatic carbocycles. The van der Waals surface area contributed by atoms with E-state index in [1.54, 1.807) is 23.9 Å². The predicted molar refractivity (Wildman–Crippen MR) is 163 cm³/mol. The smallest absolute Gasteiger partial charge is 0.260 e. The molecule has 3 unspecified atom stereocenters. The molecular weight excluding hydrogens is 555 g/mol. The summed E-state index contributed by atoms with van der Waals surface area (Å²) in [6, 6.07) is 24.5. The molecule has 0 spiro atoms. The zero-order valence-electron chi connectivity index (χ0n) is 23.0. The van der Waals surface area contributed by atoms with Gasteiger partial charge in [0, 0.05) is 30.3 Å². The lowest BCUT2D eigenvalue weighted by atomic mass is 9.83.